The smallest absolute Gasteiger partial charge is 0.328 e. The van der Waals surface area contributed by atoms with Gasteiger partial charge in [-0.05, 0) is 48.1 Å². The highest BCUT2D eigenvalue weighted by Gasteiger charge is 2.49. The SMILES string of the molecule is COC(=O)[C@@H](NC(=O)C1=CC=C(c2cccc(F)c2)CC1(N)[N+](=O)[O-])C1CCCCC1. The average Bonchev–Trinajstić information content (AvgIpc) is 2.77. The predicted molar refractivity (Wildman–Crippen MR) is 112 cm³/mol. The molecule has 1 unspecified atom stereocenters. The Morgan fingerprint density at radius 1 is 1.29 bits per heavy atom. The Kier molecular flexibility index (Phi) is 6.84. The van der Waals surface area contributed by atoms with Crippen LogP contribution in [0, 0.1) is 21.8 Å². The lowest BCUT2D eigenvalue weighted by Crippen LogP contribution is -2.56. The van der Waals surface area contributed by atoms with Crippen molar-refractivity contribution in [3.63, 3.8) is 0 Å². The molecule has 1 aromatic rings. The molecule has 0 heterocycles. The van der Waals surface area contributed by atoms with Gasteiger partial charge in [-0.25, -0.2) is 9.18 Å². The molecule has 1 fully saturated rings. The van der Waals surface area contributed by atoms with E-state index in [9.17, 15) is 24.1 Å². The summed E-state index contributed by atoms with van der Waals surface area (Å²) in [5.41, 5.74) is 4.50. The minimum atomic E-state index is -2.21. The molecule has 0 aromatic heterocycles. The van der Waals surface area contributed by atoms with E-state index in [4.69, 9.17) is 10.5 Å². The molecule has 9 heteroatoms. The third-order valence-corrected chi connectivity index (χ3v) is 6.01. The molecule has 0 saturated heterocycles. The number of ether oxygens (including phenoxy) is 1. The van der Waals surface area contributed by atoms with Crippen molar-refractivity contribution < 1.29 is 23.6 Å². The molecule has 3 N–H and O–H groups in total. The number of carbonyl (C=O) groups is 2. The zero-order valence-corrected chi connectivity index (χ0v) is 17.3. The molecule has 8 nitrogen and oxygen atoms in total. The minimum Gasteiger partial charge on any atom is -0.467 e. The number of methoxy groups -OCH3 is 1. The highest BCUT2D eigenvalue weighted by molar-refractivity contribution is 5.99. The van der Waals surface area contributed by atoms with Gasteiger partial charge in [-0.2, -0.15) is 0 Å². The van der Waals surface area contributed by atoms with Crippen LogP contribution in [0.2, 0.25) is 0 Å². The molecule has 2 atom stereocenters. The van der Waals surface area contributed by atoms with E-state index >= 15 is 0 Å². The first-order chi connectivity index (χ1) is 14.8. The van der Waals surface area contributed by atoms with Crippen LogP contribution in [0.5, 0.6) is 0 Å². The van der Waals surface area contributed by atoms with Crippen molar-refractivity contribution in [2.24, 2.45) is 11.7 Å². The number of esters is 1. The van der Waals surface area contributed by atoms with E-state index in [0.29, 0.717) is 11.1 Å². The van der Waals surface area contributed by atoms with Crippen LogP contribution in [0.25, 0.3) is 5.57 Å². The number of carbonyl (C=O) groups excluding carboxylic acids is 2. The topological polar surface area (TPSA) is 125 Å². The van der Waals surface area contributed by atoms with E-state index in [0.717, 1.165) is 32.1 Å². The molecule has 1 aromatic carbocycles. The molecular formula is C22H26FN3O5. The number of nitro groups is 1. The Balaban J connectivity index is 1.90. The van der Waals surface area contributed by atoms with Gasteiger partial charge in [-0.3, -0.25) is 20.6 Å². The van der Waals surface area contributed by atoms with E-state index in [2.05, 4.69) is 5.32 Å². The fraction of sp³-hybridized carbons (Fsp3) is 0.455. The number of benzene rings is 1. The largest absolute Gasteiger partial charge is 0.467 e. The van der Waals surface area contributed by atoms with Crippen LogP contribution in [0.15, 0.2) is 42.0 Å². The Morgan fingerprint density at radius 3 is 2.61 bits per heavy atom. The van der Waals surface area contributed by atoms with Crippen molar-refractivity contribution in [1.29, 1.82) is 0 Å². The summed E-state index contributed by atoms with van der Waals surface area (Å²) in [6.45, 7) is 0. The Hall–Kier alpha value is -3.07. The minimum absolute atomic E-state index is 0.101. The van der Waals surface area contributed by atoms with Gasteiger partial charge in [-0.15, -0.1) is 0 Å². The van der Waals surface area contributed by atoms with Crippen molar-refractivity contribution in [2.75, 3.05) is 7.11 Å². The summed E-state index contributed by atoms with van der Waals surface area (Å²) in [5, 5.41) is 14.5. The molecule has 0 aliphatic heterocycles. The number of nitrogens with one attached hydrogen (secondary N) is 1. The summed E-state index contributed by atoms with van der Waals surface area (Å²) in [6.07, 6.45) is 6.94. The van der Waals surface area contributed by atoms with Gasteiger partial charge in [0, 0.05) is 4.92 Å². The maximum Gasteiger partial charge on any atom is 0.328 e. The lowest BCUT2D eigenvalue weighted by Gasteiger charge is -2.31. The summed E-state index contributed by atoms with van der Waals surface area (Å²) in [7, 11) is 1.24. The fourth-order valence-electron chi connectivity index (χ4n) is 4.28. The number of amides is 1. The zero-order chi connectivity index (χ0) is 22.6. The van der Waals surface area contributed by atoms with Crippen molar-refractivity contribution in [2.45, 2.75) is 50.2 Å². The monoisotopic (exact) mass is 431 g/mol. The second-order valence-electron chi connectivity index (χ2n) is 8.01. The van der Waals surface area contributed by atoms with Crippen LogP contribution in [-0.4, -0.2) is 35.6 Å². The summed E-state index contributed by atoms with van der Waals surface area (Å²) in [5.74, 6) is -1.95. The Labute approximate surface area is 179 Å². The van der Waals surface area contributed by atoms with Crippen LogP contribution in [0.1, 0.15) is 44.1 Å². The van der Waals surface area contributed by atoms with Crippen LogP contribution in [0.3, 0.4) is 0 Å². The number of hydrogen-bond acceptors (Lipinski definition) is 6. The van der Waals surface area contributed by atoms with Gasteiger partial charge in [-0.1, -0.05) is 37.5 Å². The van der Waals surface area contributed by atoms with Gasteiger partial charge in [0.15, 0.2) is 0 Å². The highest BCUT2D eigenvalue weighted by atomic mass is 19.1. The van der Waals surface area contributed by atoms with Gasteiger partial charge in [0.25, 0.3) is 5.91 Å². The number of nitrogens with zero attached hydrogens (tertiary/aromatic N) is 1. The van der Waals surface area contributed by atoms with Gasteiger partial charge < -0.3 is 10.1 Å². The summed E-state index contributed by atoms with van der Waals surface area (Å²) < 4.78 is 18.4. The van der Waals surface area contributed by atoms with Crippen LogP contribution < -0.4 is 11.1 Å². The maximum atomic E-state index is 13.6. The van der Waals surface area contributed by atoms with Crippen molar-refractivity contribution in [3.05, 3.63) is 63.5 Å². The molecule has 3 rings (SSSR count). The fourth-order valence-corrected chi connectivity index (χ4v) is 4.28. The molecule has 0 spiro atoms. The second-order valence-corrected chi connectivity index (χ2v) is 8.01. The van der Waals surface area contributed by atoms with Gasteiger partial charge in [0.05, 0.1) is 13.5 Å². The molecular weight excluding hydrogens is 405 g/mol. The van der Waals surface area contributed by atoms with Crippen LogP contribution >= 0.6 is 0 Å². The highest BCUT2D eigenvalue weighted by Crippen LogP contribution is 2.34. The van der Waals surface area contributed by atoms with Crippen LogP contribution in [-0.2, 0) is 14.3 Å². The standard InChI is InChI=1S/C22H26FN3O5/c1-31-21(28)19(14-6-3-2-4-7-14)25-20(27)18-11-10-16(13-22(18,24)26(29)30)15-8-5-9-17(23)12-15/h5,8-12,14,19H,2-4,6-7,13,24H2,1H3,(H,25,27)/t19-,22?/m0/s1. The van der Waals surface area contributed by atoms with E-state index in [-0.39, 0.29) is 17.9 Å². The predicted octanol–water partition coefficient (Wildman–Crippen LogP) is 2.71. The zero-order valence-electron chi connectivity index (χ0n) is 17.3. The van der Waals surface area contributed by atoms with E-state index in [1.54, 1.807) is 6.07 Å². The van der Waals surface area contributed by atoms with Crippen molar-refractivity contribution >= 4 is 17.4 Å². The van der Waals surface area contributed by atoms with Crippen LogP contribution in [0.4, 0.5) is 4.39 Å². The van der Waals surface area contributed by atoms with E-state index in [1.165, 1.54) is 37.5 Å². The summed E-state index contributed by atoms with van der Waals surface area (Å²) in [6, 6.07) is 4.73. The first-order valence-corrected chi connectivity index (χ1v) is 10.3. The average molecular weight is 431 g/mol. The Bertz CT molecular complexity index is 939. The lowest BCUT2D eigenvalue weighted by molar-refractivity contribution is -0.555. The number of rotatable bonds is 6. The number of nitrogens with two attached hydrogens (primary N) is 1. The summed E-state index contributed by atoms with van der Waals surface area (Å²) in [4.78, 5) is 36.5. The molecule has 0 bridgehead atoms. The van der Waals surface area contributed by atoms with E-state index in [1.807, 2.05) is 0 Å². The third kappa shape index (κ3) is 4.82. The molecule has 1 amide bonds. The second kappa shape index (κ2) is 9.38. The number of allylic oxidation sites excluding steroid dienone is 2. The molecule has 166 valence electrons. The molecule has 31 heavy (non-hydrogen) atoms. The van der Waals surface area contributed by atoms with Crippen molar-refractivity contribution in [3.8, 4) is 0 Å². The van der Waals surface area contributed by atoms with Crippen molar-refractivity contribution in [1.82, 2.24) is 5.32 Å². The number of hydrogen-bond donors (Lipinski definition) is 2. The molecule has 1 saturated carbocycles. The Morgan fingerprint density at radius 2 is 2.00 bits per heavy atom. The lowest BCUT2D eigenvalue weighted by atomic mass is 9.82. The normalized spacial score (nSPS) is 22.7. The van der Waals surface area contributed by atoms with E-state index < -0.39 is 34.3 Å². The molecule has 2 aliphatic carbocycles. The van der Waals surface area contributed by atoms with Gasteiger partial charge in [0.2, 0.25) is 0 Å². The number of halogens is 1. The first kappa shape index (κ1) is 22.6. The van der Waals surface area contributed by atoms with Gasteiger partial charge in [0.1, 0.15) is 17.4 Å². The molecule has 0 radical (unpaired) electrons. The molecule has 2 aliphatic rings. The quantitative estimate of drug-likeness (QED) is 0.309. The first-order valence-electron chi connectivity index (χ1n) is 10.3. The van der Waals surface area contributed by atoms with Gasteiger partial charge >= 0.3 is 11.6 Å². The third-order valence-electron chi connectivity index (χ3n) is 6.01. The maximum absolute atomic E-state index is 13.6. The summed E-state index contributed by atoms with van der Waals surface area (Å²) >= 11 is 0.